The van der Waals surface area contributed by atoms with E-state index in [4.69, 9.17) is 0 Å². The minimum Gasteiger partial charge on any atom is -1.00 e. The largest absolute Gasteiger partial charge is 1.00 e. The molecule has 1 rings (SSSR count). The molecule has 5 heteroatoms. The molecule has 0 amide bonds. The number of aryl methyl sites for hydroxylation is 1. The number of nitrogens with one attached hydrogen (secondary N) is 1. The van der Waals surface area contributed by atoms with Crippen LogP contribution in [-0.2, 0) is 7.05 Å². The van der Waals surface area contributed by atoms with Crippen LogP contribution in [0.25, 0.3) is 0 Å². The van der Waals surface area contributed by atoms with E-state index in [1.807, 2.05) is 0 Å². The molecule has 1 aromatic heterocycles. The highest BCUT2D eigenvalue weighted by molar-refractivity contribution is 4.77. The lowest BCUT2D eigenvalue weighted by molar-refractivity contribution is -0.682. The molecular weight excluding hydrogens is 206 g/mol. The van der Waals surface area contributed by atoms with Gasteiger partial charge in [-0.25, -0.2) is 9.55 Å². The third kappa shape index (κ3) is 1.76. The van der Waals surface area contributed by atoms with Crippen LogP contribution in [0.1, 0.15) is 12.2 Å². The zero-order valence-corrected chi connectivity index (χ0v) is 6.90. The van der Waals surface area contributed by atoms with Crippen molar-refractivity contribution < 1.29 is 30.3 Å². The van der Waals surface area contributed by atoms with Crippen LogP contribution < -0.4 is 21.5 Å². The van der Waals surface area contributed by atoms with Gasteiger partial charge in [0.1, 0.15) is 12.4 Å². The van der Waals surface area contributed by atoms with Crippen LogP contribution >= 0.6 is 0 Å². The highest BCUT2D eigenvalue weighted by Crippen LogP contribution is 2.10. The molecule has 0 spiro atoms. The molecule has 1 aromatic rings. The summed E-state index contributed by atoms with van der Waals surface area (Å²) in [5.41, 5.74) is 0. The number of rotatable bonds is 1. The third-order valence-electron chi connectivity index (χ3n) is 1.12. The van der Waals surface area contributed by atoms with E-state index < -0.39 is 6.43 Å². The van der Waals surface area contributed by atoms with Gasteiger partial charge in [0, 0.05) is 0 Å². The SMILES string of the molecule is C[n+]1cc[nH]c1C(F)F.[Br-]. The summed E-state index contributed by atoms with van der Waals surface area (Å²) < 4.78 is 25.0. The number of hydrogen-bond donors (Lipinski definition) is 1. The summed E-state index contributed by atoms with van der Waals surface area (Å²) in [4.78, 5) is 2.42. The van der Waals surface area contributed by atoms with E-state index in [1.54, 1.807) is 13.2 Å². The van der Waals surface area contributed by atoms with E-state index in [0.29, 0.717) is 0 Å². The Bertz CT molecular complexity index is 199. The molecule has 0 unspecified atom stereocenters. The van der Waals surface area contributed by atoms with Crippen molar-refractivity contribution in [3.8, 4) is 0 Å². The number of aromatic nitrogens is 2. The zero-order chi connectivity index (χ0) is 6.85. The second-order valence-corrected chi connectivity index (χ2v) is 1.76. The van der Waals surface area contributed by atoms with Crippen LogP contribution in [0.2, 0.25) is 0 Å². The quantitative estimate of drug-likeness (QED) is 0.510. The lowest BCUT2D eigenvalue weighted by Gasteiger charge is -1.88. The van der Waals surface area contributed by atoms with Crippen molar-refractivity contribution in [1.29, 1.82) is 0 Å². The third-order valence-corrected chi connectivity index (χ3v) is 1.12. The van der Waals surface area contributed by atoms with E-state index in [0.717, 1.165) is 0 Å². The van der Waals surface area contributed by atoms with Crippen molar-refractivity contribution >= 4 is 0 Å². The minimum atomic E-state index is -2.41. The van der Waals surface area contributed by atoms with Crippen LogP contribution in [0.4, 0.5) is 8.78 Å². The van der Waals surface area contributed by atoms with Gasteiger partial charge in [-0.3, -0.25) is 0 Å². The van der Waals surface area contributed by atoms with Gasteiger partial charge in [0.2, 0.25) is 0 Å². The van der Waals surface area contributed by atoms with Gasteiger partial charge in [0.15, 0.2) is 0 Å². The van der Waals surface area contributed by atoms with Crippen molar-refractivity contribution in [3.63, 3.8) is 0 Å². The van der Waals surface area contributed by atoms with Crippen LogP contribution in [0.5, 0.6) is 0 Å². The number of alkyl halides is 2. The highest BCUT2D eigenvalue weighted by atomic mass is 79.9. The maximum absolute atomic E-state index is 11.8. The van der Waals surface area contributed by atoms with E-state index >= 15 is 0 Å². The maximum Gasteiger partial charge on any atom is 0.337 e. The first-order chi connectivity index (χ1) is 4.22. The van der Waals surface area contributed by atoms with Gasteiger partial charge in [0.25, 0.3) is 0 Å². The average molecular weight is 213 g/mol. The second-order valence-electron chi connectivity index (χ2n) is 1.76. The van der Waals surface area contributed by atoms with E-state index in [-0.39, 0.29) is 22.8 Å². The number of H-pyrrole nitrogens is 1. The summed E-state index contributed by atoms with van der Waals surface area (Å²) in [7, 11) is 1.57. The topological polar surface area (TPSA) is 19.7 Å². The Balaban J connectivity index is 0.000000810. The van der Waals surface area contributed by atoms with Crippen molar-refractivity contribution in [2.24, 2.45) is 7.05 Å². The molecule has 0 radical (unpaired) electrons. The van der Waals surface area contributed by atoms with Gasteiger partial charge >= 0.3 is 12.2 Å². The van der Waals surface area contributed by atoms with Crippen molar-refractivity contribution in [2.45, 2.75) is 6.43 Å². The molecule has 0 aliphatic rings. The van der Waals surface area contributed by atoms with Crippen LogP contribution in [0, 0.1) is 0 Å². The van der Waals surface area contributed by atoms with Gasteiger partial charge in [-0.15, -0.1) is 0 Å². The molecule has 0 aromatic carbocycles. The molecular formula is C5H7BrF2N2. The molecule has 0 atom stereocenters. The van der Waals surface area contributed by atoms with Gasteiger partial charge in [-0.1, -0.05) is 0 Å². The minimum absolute atomic E-state index is 0. The van der Waals surface area contributed by atoms with E-state index in [9.17, 15) is 8.78 Å². The van der Waals surface area contributed by atoms with Gasteiger partial charge in [-0.05, 0) is 0 Å². The van der Waals surface area contributed by atoms with Crippen LogP contribution in [0.3, 0.4) is 0 Å². The molecule has 1 heterocycles. The highest BCUT2D eigenvalue weighted by Gasteiger charge is 2.17. The molecule has 0 saturated heterocycles. The summed E-state index contributed by atoms with van der Waals surface area (Å²) >= 11 is 0. The number of hydrogen-bond acceptors (Lipinski definition) is 0. The number of nitrogens with zero attached hydrogens (tertiary/aromatic N) is 1. The Kier molecular flexibility index (Phi) is 3.49. The Labute approximate surface area is 67.6 Å². The average Bonchev–Trinajstić information content (AvgIpc) is 2.13. The van der Waals surface area contributed by atoms with Gasteiger partial charge in [-0.2, -0.15) is 8.78 Å². The Morgan fingerprint density at radius 1 is 1.60 bits per heavy atom. The van der Waals surface area contributed by atoms with Crippen molar-refractivity contribution in [1.82, 2.24) is 4.98 Å². The molecule has 10 heavy (non-hydrogen) atoms. The van der Waals surface area contributed by atoms with E-state index in [1.165, 1.54) is 10.8 Å². The molecule has 1 N–H and O–H groups in total. The van der Waals surface area contributed by atoms with Crippen molar-refractivity contribution in [3.05, 3.63) is 18.2 Å². The molecule has 2 nitrogen and oxygen atoms in total. The molecule has 0 bridgehead atoms. The van der Waals surface area contributed by atoms with Crippen LogP contribution in [-0.4, -0.2) is 4.98 Å². The molecule has 58 valence electrons. The lowest BCUT2D eigenvalue weighted by atomic mass is 10.6. The first-order valence-corrected chi connectivity index (χ1v) is 2.53. The number of aromatic amines is 1. The standard InChI is InChI=1S/C5H6F2N2.BrH/c1-9-3-2-8-5(9)4(6)7;/h2-4H,1H3;1H. The Hall–Kier alpha value is -0.450. The number of imidazole rings is 1. The van der Waals surface area contributed by atoms with E-state index in [2.05, 4.69) is 4.98 Å². The Morgan fingerprint density at radius 2 is 2.20 bits per heavy atom. The van der Waals surface area contributed by atoms with Gasteiger partial charge < -0.3 is 17.0 Å². The normalized spacial score (nSPS) is 9.60. The predicted molar refractivity (Wildman–Crippen MR) is 26.9 cm³/mol. The molecule has 0 saturated carbocycles. The summed E-state index contributed by atoms with van der Waals surface area (Å²) in [6.07, 6.45) is 0.605. The molecule has 0 aliphatic heterocycles. The van der Waals surface area contributed by atoms with Crippen molar-refractivity contribution in [2.75, 3.05) is 0 Å². The fraction of sp³-hybridized carbons (Fsp3) is 0.400. The summed E-state index contributed by atoms with van der Waals surface area (Å²) in [6.45, 7) is 0. The lowest BCUT2D eigenvalue weighted by Crippen LogP contribution is -3.00. The molecule has 0 fully saturated rings. The second kappa shape index (κ2) is 3.65. The smallest absolute Gasteiger partial charge is 0.337 e. The fourth-order valence-corrected chi connectivity index (χ4v) is 0.633. The predicted octanol–water partition coefficient (Wildman–Crippen LogP) is -2.22. The van der Waals surface area contributed by atoms with Gasteiger partial charge in [0.05, 0.1) is 7.05 Å². The Morgan fingerprint density at radius 3 is 2.40 bits per heavy atom. The molecule has 0 aliphatic carbocycles. The first kappa shape index (κ1) is 9.55. The number of halogens is 3. The first-order valence-electron chi connectivity index (χ1n) is 2.53. The van der Waals surface area contributed by atoms with Crippen LogP contribution in [0.15, 0.2) is 12.4 Å². The maximum atomic E-state index is 11.8. The fourth-order valence-electron chi connectivity index (χ4n) is 0.633. The zero-order valence-electron chi connectivity index (χ0n) is 5.31. The summed E-state index contributed by atoms with van der Waals surface area (Å²) in [5, 5.41) is 0. The summed E-state index contributed by atoms with van der Waals surface area (Å²) in [6, 6.07) is 0. The monoisotopic (exact) mass is 212 g/mol. The summed E-state index contributed by atoms with van der Waals surface area (Å²) in [5.74, 6) is -0.0602.